The van der Waals surface area contributed by atoms with Gasteiger partial charge >= 0.3 is 5.97 Å². The number of rotatable bonds is 2. The number of fused-ring (bicyclic) bond motifs is 1. The Kier molecular flexibility index (Phi) is 8.90. The number of thiazole rings is 1. The highest BCUT2D eigenvalue weighted by Gasteiger charge is 2.45. The lowest BCUT2D eigenvalue weighted by Gasteiger charge is -2.34. The molecule has 0 aromatic carbocycles. The van der Waals surface area contributed by atoms with Crippen LogP contribution in [0.3, 0.4) is 0 Å². The molecule has 2 unspecified atom stereocenters. The molecule has 2 aliphatic rings. The van der Waals surface area contributed by atoms with Crippen molar-refractivity contribution < 1.29 is 24.2 Å². The molecule has 3 heterocycles. The summed E-state index contributed by atoms with van der Waals surface area (Å²) in [5, 5.41) is 23.6. The summed E-state index contributed by atoms with van der Waals surface area (Å²) in [6.45, 7) is 10.9. The first kappa shape index (κ1) is 27.5. The number of ether oxygens (including phenoxy) is 2. The molecule has 0 radical (unpaired) electrons. The first-order valence-corrected chi connectivity index (χ1v) is 13.4. The number of Topliss-reactive ketones (excluding diaryl/α,β-unsaturated/α-hetero) is 1. The Morgan fingerprint density at radius 3 is 2.63 bits per heavy atom. The minimum absolute atomic E-state index is 0.00478. The lowest BCUT2D eigenvalue weighted by Crippen LogP contribution is -2.43. The number of carbonyl (C=O) groups is 2. The molecule has 0 amide bonds. The van der Waals surface area contributed by atoms with Gasteiger partial charge in [-0.1, -0.05) is 34.1 Å². The van der Waals surface area contributed by atoms with Gasteiger partial charge in [-0.05, 0) is 44.3 Å². The van der Waals surface area contributed by atoms with Gasteiger partial charge in [0.15, 0.2) is 0 Å². The lowest BCUT2D eigenvalue weighted by atomic mass is 9.69. The molecule has 0 saturated carbocycles. The molecule has 7 atom stereocenters. The van der Waals surface area contributed by atoms with E-state index in [1.807, 2.05) is 32.2 Å². The summed E-state index contributed by atoms with van der Waals surface area (Å²) in [6, 6.07) is 2.16. The van der Waals surface area contributed by atoms with E-state index in [4.69, 9.17) is 9.47 Å². The second-order valence-electron chi connectivity index (χ2n) is 10.8. The third-order valence-corrected chi connectivity index (χ3v) is 8.41. The SMILES string of the molecule is CC(=Cc1csc(C)n1)[C@@H]1C[C@@H]2OC2CCC[C@H](C)[C@H](O)[C@@H](C)C(=O)C(C)(C)C(C#N)CC(=O)O1. The number of aryl methyl sites for hydroxylation is 1. The van der Waals surface area contributed by atoms with E-state index in [9.17, 15) is 20.0 Å². The zero-order chi connectivity index (χ0) is 25.9. The molecule has 1 N–H and O–H groups in total. The van der Waals surface area contributed by atoms with Crippen molar-refractivity contribution in [3.05, 3.63) is 21.7 Å². The fourth-order valence-electron chi connectivity index (χ4n) is 5.00. The van der Waals surface area contributed by atoms with E-state index < -0.39 is 35.4 Å². The van der Waals surface area contributed by atoms with Crippen LogP contribution in [0, 0.1) is 41.4 Å². The highest BCUT2D eigenvalue weighted by Crippen LogP contribution is 2.38. The lowest BCUT2D eigenvalue weighted by molar-refractivity contribution is -0.150. The average molecular weight is 503 g/mol. The molecule has 35 heavy (non-hydrogen) atoms. The van der Waals surface area contributed by atoms with Crippen molar-refractivity contribution in [1.82, 2.24) is 4.98 Å². The van der Waals surface area contributed by atoms with Crippen LogP contribution in [0.4, 0.5) is 0 Å². The molecular weight excluding hydrogens is 464 g/mol. The molecule has 1 aromatic heterocycles. The number of carbonyl (C=O) groups excluding carboxylic acids is 2. The van der Waals surface area contributed by atoms with E-state index in [1.54, 1.807) is 32.1 Å². The van der Waals surface area contributed by atoms with Crippen LogP contribution in [0.2, 0.25) is 0 Å². The van der Waals surface area contributed by atoms with E-state index in [-0.39, 0.29) is 30.3 Å². The van der Waals surface area contributed by atoms with Crippen molar-refractivity contribution in [2.24, 2.45) is 23.2 Å². The summed E-state index contributed by atoms with van der Waals surface area (Å²) in [6.07, 6.45) is 3.61. The minimum atomic E-state index is -1.10. The molecule has 0 aliphatic carbocycles. The van der Waals surface area contributed by atoms with Crippen molar-refractivity contribution >= 4 is 29.2 Å². The van der Waals surface area contributed by atoms with Crippen LogP contribution >= 0.6 is 11.3 Å². The summed E-state index contributed by atoms with van der Waals surface area (Å²) in [5.41, 5.74) is 0.589. The van der Waals surface area contributed by atoms with E-state index in [0.717, 1.165) is 35.5 Å². The summed E-state index contributed by atoms with van der Waals surface area (Å²) in [4.78, 5) is 30.8. The van der Waals surface area contributed by atoms with E-state index in [1.165, 1.54) is 0 Å². The Balaban J connectivity index is 1.85. The zero-order valence-corrected chi connectivity index (χ0v) is 22.4. The van der Waals surface area contributed by atoms with Gasteiger partial charge in [0.25, 0.3) is 0 Å². The molecule has 3 rings (SSSR count). The number of cyclic esters (lactones) is 1. The highest BCUT2D eigenvalue weighted by atomic mass is 32.1. The maximum atomic E-state index is 13.3. The van der Waals surface area contributed by atoms with Crippen LogP contribution in [0.25, 0.3) is 6.08 Å². The summed E-state index contributed by atoms with van der Waals surface area (Å²) in [5.74, 6) is -2.28. The number of aliphatic hydroxyl groups is 1. The zero-order valence-electron chi connectivity index (χ0n) is 21.6. The largest absolute Gasteiger partial charge is 0.458 e. The minimum Gasteiger partial charge on any atom is -0.458 e. The first-order valence-electron chi connectivity index (χ1n) is 12.5. The van der Waals surface area contributed by atoms with Gasteiger partial charge in [-0.2, -0.15) is 5.26 Å². The number of nitrogens with zero attached hydrogens (tertiary/aromatic N) is 2. The van der Waals surface area contributed by atoms with Crippen molar-refractivity contribution in [3.8, 4) is 6.07 Å². The van der Waals surface area contributed by atoms with Gasteiger partial charge in [-0.3, -0.25) is 9.59 Å². The number of hydrogen-bond acceptors (Lipinski definition) is 8. The maximum Gasteiger partial charge on any atom is 0.307 e. The predicted molar refractivity (Wildman–Crippen MR) is 134 cm³/mol. The number of esters is 1. The van der Waals surface area contributed by atoms with Crippen molar-refractivity contribution in [1.29, 1.82) is 5.26 Å². The number of epoxide rings is 1. The third-order valence-electron chi connectivity index (χ3n) is 7.62. The van der Waals surface area contributed by atoms with Crippen LogP contribution in [0.15, 0.2) is 11.0 Å². The molecule has 1 aromatic rings. The summed E-state index contributed by atoms with van der Waals surface area (Å²) >= 11 is 1.56. The Morgan fingerprint density at radius 1 is 1.29 bits per heavy atom. The third kappa shape index (κ3) is 6.78. The van der Waals surface area contributed by atoms with Crippen LogP contribution in [0.5, 0.6) is 0 Å². The Morgan fingerprint density at radius 2 is 2.00 bits per heavy atom. The van der Waals surface area contributed by atoms with Crippen LogP contribution in [-0.4, -0.2) is 46.3 Å². The number of hydrogen-bond donors (Lipinski definition) is 1. The van der Waals surface area contributed by atoms with Crippen molar-refractivity contribution in [2.45, 2.75) is 98.1 Å². The van der Waals surface area contributed by atoms with Crippen LogP contribution < -0.4 is 0 Å². The van der Waals surface area contributed by atoms with Gasteiger partial charge < -0.3 is 14.6 Å². The van der Waals surface area contributed by atoms with Crippen LogP contribution in [-0.2, 0) is 19.1 Å². The molecule has 0 spiro atoms. The predicted octanol–water partition coefficient (Wildman–Crippen LogP) is 4.87. The van der Waals surface area contributed by atoms with Crippen molar-refractivity contribution in [3.63, 3.8) is 0 Å². The van der Waals surface area contributed by atoms with E-state index in [0.29, 0.717) is 6.42 Å². The summed E-state index contributed by atoms with van der Waals surface area (Å²) in [7, 11) is 0. The maximum absolute atomic E-state index is 13.3. The molecule has 2 fully saturated rings. The molecule has 0 bridgehead atoms. The van der Waals surface area contributed by atoms with Crippen LogP contribution in [0.1, 0.15) is 77.4 Å². The molecule has 8 heteroatoms. The van der Waals surface area contributed by atoms with Crippen molar-refractivity contribution in [2.75, 3.05) is 0 Å². The van der Waals surface area contributed by atoms with Gasteiger partial charge in [-0.25, -0.2) is 4.98 Å². The van der Waals surface area contributed by atoms with E-state index in [2.05, 4.69) is 11.1 Å². The van der Waals surface area contributed by atoms with Gasteiger partial charge in [0.1, 0.15) is 11.9 Å². The molecule has 7 nitrogen and oxygen atoms in total. The highest BCUT2D eigenvalue weighted by molar-refractivity contribution is 7.09. The Bertz CT molecular complexity index is 994. The number of aliphatic hydroxyl groups excluding tert-OH is 1. The summed E-state index contributed by atoms with van der Waals surface area (Å²) < 4.78 is 11.8. The average Bonchev–Trinajstić information content (AvgIpc) is 3.42. The smallest absolute Gasteiger partial charge is 0.307 e. The molecule has 2 aliphatic heterocycles. The van der Waals surface area contributed by atoms with Gasteiger partial charge in [0.05, 0.1) is 47.4 Å². The Labute approximate surface area is 212 Å². The number of aromatic nitrogens is 1. The molecular formula is C27H38N2O5S. The number of ketones is 1. The topological polar surface area (TPSA) is 113 Å². The quantitative estimate of drug-likeness (QED) is 0.453. The second-order valence-corrected chi connectivity index (χ2v) is 11.8. The Hall–Kier alpha value is -2.08. The second kappa shape index (κ2) is 11.3. The number of nitriles is 1. The van der Waals surface area contributed by atoms with E-state index >= 15 is 0 Å². The standard InChI is InChI=1S/C27H38N2O5S/c1-15-8-7-9-21-23(33-21)12-22(16(2)10-20-14-35-18(4)29-20)34-24(30)11-19(13-28)27(5,6)26(32)17(3)25(15)31/h10,14-15,17,19,21-23,25,31H,7-9,11-12H2,1-6H3/t15-,17+,19?,21?,22-,23-,25-/m0/s1. The normalized spacial score (nSPS) is 35.0. The van der Waals surface area contributed by atoms with Gasteiger partial charge in [0.2, 0.25) is 0 Å². The monoisotopic (exact) mass is 502 g/mol. The van der Waals surface area contributed by atoms with Gasteiger partial charge in [-0.15, -0.1) is 11.3 Å². The van der Waals surface area contributed by atoms with Gasteiger partial charge in [0, 0.05) is 23.1 Å². The fourth-order valence-corrected chi connectivity index (χ4v) is 5.57. The molecule has 2 saturated heterocycles. The fraction of sp³-hybridized carbons (Fsp3) is 0.704. The molecule has 192 valence electrons. The first-order chi connectivity index (χ1) is 16.4.